The van der Waals surface area contributed by atoms with E-state index in [0.29, 0.717) is 13.1 Å². The fourth-order valence-corrected chi connectivity index (χ4v) is 2.80. The monoisotopic (exact) mass is 329 g/mol. The molecule has 2 rings (SSSR count). The second-order valence-corrected chi connectivity index (χ2v) is 6.47. The first kappa shape index (κ1) is 18.2. The molecule has 0 radical (unpaired) electrons. The van der Waals surface area contributed by atoms with Gasteiger partial charge in [0.25, 0.3) is 0 Å². The number of rotatable bonds is 5. The molecule has 130 valence electrons. The topological polar surface area (TPSA) is 43.9 Å². The van der Waals surface area contributed by atoms with Crippen molar-refractivity contribution in [3.05, 3.63) is 47.7 Å². The van der Waals surface area contributed by atoms with Crippen LogP contribution in [0.25, 0.3) is 0 Å². The number of hydrogen-bond acceptors (Lipinski definition) is 4. The lowest BCUT2D eigenvalue weighted by Gasteiger charge is -2.34. The smallest absolute Gasteiger partial charge is 0.246 e. The summed E-state index contributed by atoms with van der Waals surface area (Å²) in [6, 6.07) is 0. The number of piperazine rings is 1. The standard InChI is InChI=1S/C19H27N3O2/c1-16(23)8-9-19(24)22-12-10-21(11-13-22)15-17-6-4-5-7-18(14-17)20(2)3/h4-5,7-9,14H,6,10-13,15H2,1-3H3/b9-8+. The Labute approximate surface area is 144 Å². The van der Waals surface area contributed by atoms with E-state index in [4.69, 9.17) is 0 Å². The summed E-state index contributed by atoms with van der Waals surface area (Å²) >= 11 is 0. The Bertz CT molecular complexity index is 592. The number of carbonyl (C=O) groups excluding carboxylic acids is 2. The van der Waals surface area contributed by atoms with Crippen molar-refractivity contribution in [2.75, 3.05) is 46.8 Å². The SMILES string of the molecule is CC(=O)/C=C/C(=O)N1CCN(CC2=CC(N(C)C)=CC=CC2)CC1. The number of nitrogens with zero attached hydrogens (tertiary/aromatic N) is 3. The first-order valence-corrected chi connectivity index (χ1v) is 8.39. The Morgan fingerprint density at radius 1 is 1.17 bits per heavy atom. The first-order chi connectivity index (χ1) is 11.5. The van der Waals surface area contributed by atoms with Gasteiger partial charge in [-0.15, -0.1) is 0 Å². The molecule has 0 aromatic heterocycles. The van der Waals surface area contributed by atoms with Crippen molar-refractivity contribution in [2.24, 2.45) is 0 Å². The molecule has 1 heterocycles. The fraction of sp³-hybridized carbons (Fsp3) is 0.474. The highest BCUT2D eigenvalue weighted by Crippen LogP contribution is 2.16. The number of hydrogen-bond donors (Lipinski definition) is 0. The van der Waals surface area contributed by atoms with E-state index >= 15 is 0 Å². The van der Waals surface area contributed by atoms with Crippen molar-refractivity contribution in [2.45, 2.75) is 13.3 Å². The molecule has 0 saturated carbocycles. The van der Waals surface area contributed by atoms with Crippen LogP contribution in [0.1, 0.15) is 13.3 Å². The molecule has 5 heteroatoms. The molecule has 0 aromatic rings. The number of likely N-dealkylation sites (N-methyl/N-ethyl adjacent to an activating group) is 1. The van der Waals surface area contributed by atoms with E-state index in [9.17, 15) is 9.59 Å². The molecule has 0 atom stereocenters. The zero-order valence-corrected chi connectivity index (χ0v) is 14.9. The van der Waals surface area contributed by atoms with Crippen LogP contribution in [0.5, 0.6) is 0 Å². The zero-order chi connectivity index (χ0) is 17.5. The van der Waals surface area contributed by atoms with E-state index in [1.807, 2.05) is 4.90 Å². The van der Waals surface area contributed by atoms with Crippen molar-refractivity contribution in [1.29, 1.82) is 0 Å². The third-order valence-corrected chi connectivity index (χ3v) is 4.22. The maximum absolute atomic E-state index is 12.0. The van der Waals surface area contributed by atoms with Gasteiger partial charge in [-0.3, -0.25) is 14.5 Å². The molecule has 5 nitrogen and oxygen atoms in total. The summed E-state index contributed by atoms with van der Waals surface area (Å²) in [6.45, 7) is 5.53. The molecule has 0 N–H and O–H groups in total. The highest BCUT2D eigenvalue weighted by molar-refractivity contribution is 5.96. The summed E-state index contributed by atoms with van der Waals surface area (Å²) < 4.78 is 0. The van der Waals surface area contributed by atoms with Crippen LogP contribution >= 0.6 is 0 Å². The van der Waals surface area contributed by atoms with Crippen LogP contribution in [-0.2, 0) is 9.59 Å². The minimum atomic E-state index is -0.0971. The molecule has 1 aliphatic carbocycles. The molecule has 0 aromatic carbocycles. The lowest BCUT2D eigenvalue weighted by atomic mass is 10.1. The van der Waals surface area contributed by atoms with E-state index in [0.717, 1.165) is 26.1 Å². The van der Waals surface area contributed by atoms with Crippen molar-refractivity contribution in [3.63, 3.8) is 0 Å². The summed E-state index contributed by atoms with van der Waals surface area (Å²) in [6.07, 6.45) is 12.4. The normalized spacial score (nSPS) is 19.0. The predicted octanol–water partition coefficient (Wildman–Crippen LogP) is 1.61. The van der Waals surface area contributed by atoms with E-state index in [-0.39, 0.29) is 11.7 Å². The second kappa shape index (κ2) is 8.64. The summed E-state index contributed by atoms with van der Waals surface area (Å²) in [5.41, 5.74) is 2.60. The van der Waals surface area contributed by atoms with Crippen LogP contribution in [0.15, 0.2) is 47.7 Å². The average molecular weight is 329 g/mol. The quantitative estimate of drug-likeness (QED) is 0.719. The summed E-state index contributed by atoms with van der Waals surface area (Å²) in [5, 5.41) is 0. The van der Waals surface area contributed by atoms with Crippen LogP contribution in [0.2, 0.25) is 0 Å². The molecule has 1 amide bonds. The predicted molar refractivity (Wildman–Crippen MR) is 96.5 cm³/mol. The van der Waals surface area contributed by atoms with Crippen LogP contribution in [0.4, 0.5) is 0 Å². The summed E-state index contributed by atoms with van der Waals surface area (Å²) in [4.78, 5) is 29.2. The first-order valence-electron chi connectivity index (χ1n) is 8.39. The lowest BCUT2D eigenvalue weighted by Crippen LogP contribution is -2.48. The van der Waals surface area contributed by atoms with Gasteiger partial charge in [0.15, 0.2) is 5.78 Å². The van der Waals surface area contributed by atoms with E-state index in [1.54, 1.807) is 0 Å². The van der Waals surface area contributed by atoms with Crippen LogP contribution in [0, 0.1) is 0 Å². The Morgan fingerprint density at radius 3 is 2.50 bits per heavy atom. The van der Waals surface area contributed by atoms with Crippen LogP contribution < -0.4 is 0 Å². The van der Waals surface area contributed by atoms with Gasteiger partial charge < -0.3 is 9.80 Å². The fourth-order valence-electron chi connectivity index (χ4n) is 2.80. The Kier molecular flexibility index (Phi) is 6.55. The third kappa shape index (κ3) is 5.49. The Hall–Kier alpha value is -2.14. The minimum absolute atomic E-state index is 0.0701. The van der Waals surface area contributed by atoms with E-state index in [2.05, 4.69) is 48.2 Å². The maximum Gasteiger partial charge on any atom is 0.246 e. The van der Waals surface area contributed by atoms with Crippen LogP contribution in [-0.4, -0.2) is 73.2 Å². The molecule has 0 bridgehead atoms. The zero-order valence-electron chi connectivity index (χ0n) is 14.9. The van der Waals surface area contributed by atoms with Gasteiger partial charge in [-0.25, -0.2) is 0 Å². The Balaban J connectivity index is 1.87. The maximum atomic E-state index is 12.0. The van der Waals surface area contributed by atoms with Gasteiger partial charge >= 0.3 is 0 Å². The van der Waals surface area contributed by atoms with Gasteiger partial charge in [-0.1, -0.05) is 17.7 Å². The Morgan fingerprint density at radius 2 is 1.88 bits per heavy atom. The van der Waals surface area contributed by atoms with Gasteiger partial charge in [0, 0.05) is 58.6 Å². The molecule has 1 fully saturated rings. The van der Waals surface area contributed by atoms with Crippen molar-refractivity contribution >= 4 is 11.7 Å². The van der Waals surface area contributed by atoms with Crippen molar-refractivity contribution < 1.29 is 9.59 Å². The van der Waals surface area contributed by atoms with Gasteiger partial charge in [0.05, 0.1) is 0 Å². The number of allylic oxidation sites excluding steroid dienone is 5. The van der Waals surface area contributed by atoms with Gasteiger partial charge in [0.2, 0.25) is 5.91 Å². The average Bonchev–Trinajstić information content (AvgIpc) is 2.79. The highest BCUT2D eigenvalue weighted by Gasteiger charge is 2.20. The summed E-state index contributed by atoms with van der Waals surface area (Å²) in [7, 11) is 4.11. The molecule has 1 saturated heterocycles. The molecule has 24 heavy (non-hydrogen) atoms. The number of amides is 1. The number of carbonyl (C=O) groups is 2. The van der Waals surface area contributed by atoms with E-state index in [1.165, 1.54) is 30.3 Å². The van der Waals surface area contributed by atoms with Gasteiger partial charge in [-0.05, 0) is 31.6 Å². The molecular weight excluding hydrogens is 302 g/mol. The van der Waals surface area contributed by atoms with Crippen molar-refractivity contribution in [3.8, 4) is 0 Å². The molecular formula is C19H27N3O2. The molecule has 2 aliphatic rings. The van der Waals surface area contributed by atoms with Gasteiger partial charge in [-0.2, -0.15) is 0 Å². The minimum Gasteiger partial charge on any atom is -0.378 e. The largest absolute Gasteiger partial charge is 0.378 e. The third-order valence-electron chi connectivity index (χ3n) is 4.22. The van der Waals surface area contributed by atoms with Crippen molar-refractivity contribution in [1.82, 2.24) is 14.7 Å². The summed E-state index contributed by atoms with van der Waals surface area (Å²) in [5.74, 6) is -0.167. The number of ketones is 1. The van der Waals surface area contributed by atoms with Gasteiger partial charge in [0.1, 0.15) is 0 Å². The molecule has 0 spiro atoms. The molecule has 0 unspecified atom stereocenters. The highest BCUT2D eigenvalue weighted by atomic mass is 16.2. The van der Waals surface area contributed by atoms with Crippen LogP contribution in [0.3, 0.4) is 0 Å². The lowest BCUT2D eigenvalue weighted by molar-refractivity contribution is -0.128. The second-order valence-electron chi connectivity index (χ2n) is 6.47. The molecule has 1 aliphatic heterocycles. The van der Waals surface area contributed by atoms with E-state index < -0.39 is 0 Å².